The molecule has 2 N–H and O–H groups in total. The summed E-state index contributed by atoms with van der Waals surface area (Å²) in [6.07, 6.45) is 3.16. The number of phenolic OH excluding ortho intramolecular Hbond substituents is 1. The number of thiazole rings is 1. The standard InChI is InChI=1S/C27H19N5O7S2/c33-18-9-3-15(4-10-18)29-19(34)13-30-26-23(41-27(30)37)20(14-2-1-11-28-12-14)21-22(40-26)25(36)31(24(21)35)16-5-7-17(8-6-16)32(38)39/h1-12,20-22,33H,13H2,(H,29,34)/t20-,21-,22+/m0/s1. The molecule has 0 aliphatic carbocycles. The molecular weight excluding hydrogens is 570 g/mol. The van der Waals surface area contributed by atoms with Crippen molar-refractivity contribution in [3.8, 4) is 5.75 Å². The molecule has 2 aliphatic rings. The van der Waals surface area contributed by atoms with Gasteiger partial charge < -0.3 is 10.4 Å². The molecule has 0 unspecified atom stereocenters. The Hall–Kier alpha value is -4.82. The molecule has 206 valence electrons. The van der Waals surface area contributed by atoms with Crippen LogP contribution in [0.4, 0.5) is 17.1 Å². The summed E-state index contributed by atoms with van der Waals surface area (Å²) >= 11 is 1.97. The number of pyridine rings is 1. The maximum atomic E-state index is 13.8. The predicted molar refractivity (Wildman–Crippen MR) is 150 cm³/mol. The van der Waals surface area contributed by atoms with Gasteiger partial charge in [-0.2, -0.15) is 0 Å². The number of nitro benzene ring substituents is 1. The number of fused-ring (bicyclic) bond motifs is 2. The van der Waals surface area contributed by atoms with Crippen molar-refractivity contribution in [2.45, 2.75) is 22.7 Å². The van der Waals surface area contributed by atoms with Crippen LogP contribution in [0.3, 0.4) is 0 Å². The number of nitrogens with one attached hydrogen (secondary N) is 1. The van der Waals surface area contributed by atoms with E-state index < -0.39 is 44.6 Å². The zero-order valence-corrected chi connectivity index (χ0v) is 22.5. The highest BCUT2D eigenvalue weighted by molar-refractivity contribution is 8.00. The number of hydrogen-bond donors (Lipinski definition) is 2. The van der Waals surface area contributed by atoms with E-state index in [9.17, 15) is 34.4 Å². The number of anilines is 2. The number of hydrogen-bond acceptors (Lipinski definition) is 10. The van der Waals surface area contributed by atoms with Crippen molar-refractivity contribution in [1.82, 2.24) is 9.55 Å². The Bertz CT molecular complexity index is 1750. The van der Waals surface area contributed by atoms with Gasteiger partial charge in [0.1, 0.15) is 17.5 Å². The van der Waals surface area contributed by atoms with E-state index >= 15 is 0 Å². The number of benzene rings is 2. The Labute approximate surface area is 239 Å². The van der Waals surface area contributed by atoms with Gasteiger partial charge in [-0.3, -0.25) is 38.8 Å². The zero-order chi connectivity index (χ0) is 28.8. The van der Waals surface area contributed by atoms with Gasteiger partial charge in [0.25, 0.3) is 5.69 Å². The minimum atomic E-state index is -0.907. The SMILES string of the molecule is O=C(Cn1c2c(sc1=O)[C@@H](c1cccnc1)[C@@H]1C(=O)N(c3ccc([N+](=O)[O-])cc3)C(=O)[C@@H]1S2)Nc1ccc(O)cc1. The second-order valence-corrected chi connectivity index (χ2v) is 11.5. The van der Waals surface area contributed by atoms with Crippen LogP contribution >= 0.6 is 23.1 Å². The normalized spacial score (nSPS) is 19.5. The summed E-state index contributed by atoms with van der Waals surface area (Å²) in [5, 5.41) is 22.8. The van der Waals surface area contributed by atoms with Crippen LogP contribution in [0.1, 0.15) is 16.4 Å². The molecule has 2 aromatic carbocycles. The number of rotatable bonds is 6. The van der Waals surface area contributed by atoms with Crippen molar-refractivity contribution in [3.05, 3.63) is 103 Å². The molecule has 3 amide bonds. The molecule has 3 atom stereocenters. The Morgan fingerprint density at radius 2 is 1.78 bits per heavy atom. The number of nitro groups is 1. The van der Waals surface area contributed by atoms with Gasteiger partial charge in [-0.05, 0) is 48.0 Å². The molecule has 4 aromatic rings. The molecule has 6 rings (SSSR count). The third-order valence-electron chi connectivity index (χ3n) is 6.86. The number of nitrogens with zero attached hydrogens (tertiary/aromatic N) is 4. The second kappa shape index (κ2) is 10.3. The van der Waals surface area contributed by atoms with E-state index in [-0.39, 0.29) is 23.7 Å². The number of carbonyl (C=O) groups excluding carboxylic acids is 3. The highest BCUT2D eigenvalue weighted by Gasteiger charge is 2.57. The summed E-state index contributed by atoms with van der Waals surface area (Å²) in [6, 6.07) is 14.5. The summed E-state index contributed by atoms with van der Waals surface area (Å²) in [5.74, 6) is -2.99. The molecule has 0 saturated carbocycles. The molecule has 0 bridgehead atoms. The zero-order valence-electron chi connectivity index (χ0n) is 20.9. The number of carbonyl (C=O) groups is 3. The maximum Gasteiger partial charge on any atom is 0.308 e. The molecule has 1 saturated heterocycles. The molecule has 2 aliphatic heterocycles. The number of thioether (sulfide) groups is 1. The number of aromatic nitrogens is 2. The summed E-state index contributed by atoms with van der Waals surface area (Å²) in [4.78, 5) is 69.5. The molecule has 0 spiro atoms. The van der Waals surface area contributed by atoms with Crippen LogP contribution in [-0.4, -0.2) is 42.6 Å². The van der Waals surface area contributed by atoms with Crippen LogP contribution in [0.5, 0.6) is 5.75 Å². The number of amides is 3. The first-order valence-electron chi connectivity index (χ1n) is 12.2. The lowest BCUT2D eigenvalue weighted by Gasteiger charge is -2.30. The average Bonchev–Trinajstić information content (AvgIpc) is 3.40. The Kier molecular flexibility index (Phi) is 6.63. The van der Waals surface area contributed by atoms with Crippen LogP contribution < -0.4 is 15.1 Å². The average molecular weight is 590 g/mol. The smallest absolute Gasteiger partial charge is 0.308 e. The van der Waals surface area contributed by atoms with Gasteiger partial charge in [-0.15, -0.1) is 0 Å². The summed E-state index contributed by atoms with van der Waals surface area (Å²) in [6.45, 7) is -0.329. The molecule has 4 heterocycles. The number of imide groups is 1. The first kappa shape index (κ1) is 26.4. The predicted octanol–water partition coefficient (Wildman–Crippen LogP) is 3.35. The molecule has 0 radical (unpaired) electrons. The van der Waals surface area contributed by atoms with Crippen LogP contribution in [-0.2, 0) is 20.9 Å². The van der Waals surface area contributed by atoms with Gasteiger partial charge in [0.05, 0.1) is 21.6 Å². The number of phenols is 1. The van der Waals surface area contributed by atoms with Crippen molar-refractivity contribution >= 4 is 57.9 Å². The van der Waals surface area contributed by atoms with E-state index in [0.717, 1.165) is 28.0 Å². The quantitative estimate of drug-likeness (QED) is 0.148. The van der Waals surface area contributed by atoms with Gasteiger partial charge in [0, 0.05) is 41.0 Å². The van der Waals surface area contributed by atoms with Crippen molar-refractivity contribution in [1.29, 1.82) is 0 Å². The Balaban J connectivity index is 1.38. The number of aromatic hydroxyl groups is 1. The van der Waals surface area contributed by atoms with Crippen LogP contribution in [0.15, 0.2) is 82.9 Å². The number of non-ortho nitro benzene ring substituents is 1. The minimum Gasteiger partial charge on any atom is -0.508 e. The van der Waals surface area contributed by atoms with Crippen molar-refractivity contribution in [2.75, 3.05) is 10.2 Å². The highest BCUT2D eigenvalue weighted by atomic mass is 32.2. The van der Waals surface area contributed by atoms with E-state index in [0.29, 0.717) is 21.2 Å². The van der Waals surface area contributed by atoms with E-state index in [4.69, 9.17) is 0 Å². The molecule has 2 aromatic heterocycles. The first-order valence-corrected chi connectivity index (χ1v) is 13.9. The van der Waals surface area contributed by atoms with Crippen molar-refractivity contribution in [3.63, 3.8) is 0 Å². The Morgan fingerprint density at radius 3 is 2.44 bits per heavy atom. The topological polar surface area (TPSA) is 165 Å². The van der Waals surface area contributed by atoms with Gasteiger partial charge in [-0.1, -0.05) is 29.2 Å². The summed E-state index contributed by atoms with van der Waals surface area (Å²) < 4.78 is 1.30. The molecule has 12 nitrogen and oxygen atoms in total. The largest absolute Gasteiger partial charge is 0.508 e. The van der Waals surface area contributed by atoms with Crippen LogP contribution in [0.25, 0.3) is 0 Å². The van der Waals surface area contributed by atoms with Crippen LogP contribution in [0, 0.1) is 16.0 Å². The lowest BCUT2D eigenvalue weighted by molar-refractivity contribution is -0.384. The van der Waals surface area contributed by atoms with Crippen molar-refractivity contribution in [2.24, 2.45) is 5.92 Å². The van der Waals surface area contributed by atoms with Gasteiger partial charge in [0.15, 0.2) is 0 Å². The van der Waals surface area contributed by atoms with E-state index in [1.54, 1.807) is 24.5 Å². The summed E-state index contributed by atoms with van der Waals surface area (Å²) in [7, 11) is 0. The fourth-order valence-corrected chi connectivity index (χ4v) is 7.81. The Morgan fingerprint density at radius 1 is 1.05 bits per heavy atom. The summed E-state index contributed by atoms with van der Waals surface area (Å²) in [5.41, 5.74) is 1.10. The van der Waals surface area contributed by atoms with E-state index in [1.165, 1.54) is 53.1 Å². The van der Waals surface area contributed by atoms with E-state index in [1.807, 2.05) is 0 Å². The second-order valence-electron chi connectivity index (χ2n) is 9.33. The maximum absolute atomic E-state index is 13.8. The highest BCUT2D eigenvalue weighted by Crippen LogP contribution is 2.53. The van der Waals surface area contributed by atoms with E-state index in [2.05, 4.69) is 10.3 Å². The molecular formula is C27H19N5O7S2. The third kappa shape index (κ3) is 4.66. The fourth-order valence-electron chi connectivity index (χ4n) is 5.04. The van der Waals surface area contributed by atoms with Crippen LogP contribution in [0.2, 0.25) is 0 Å². The fraction of sp³-hybridized carbons (Fsp3) is 0.148. The molecule has 1 fully saturated rings. The molecule has 41 heavy (non-hydrogen) atoms. The molecule has 14 heteroatoms. The van der Waals surface area contributed by atoms with Crippen molar-refractivity contribution < 1.29 is 24.4 Å². The van der Waals surface area contributed by atoms with Gasteiger partial charge >= 0.3 is 4.87 Å². The lowest BCUT2D eigenvalue weighted by atomic mass is 9.84. The minimum absolute atomic E-state index is 0.0390. The lowest BCUT2D eigenvalue weighted by Crippen LogP contribution is -2.33. The monoisotopic (exact) mass is 589 g/mol. The van der Waals surface area contributed by atoms with Gasteiger partial charge in [0.2, 0.25) is 17.7 Å². The third-order valence-corrected chi connectivity index (χ3v) is 9.47. The van der Waals surface area contributed by atoms with Gasteiger partial charge in [-0.25, -0.2) is 4.90 Å². The first-order chi connectivity index (χ1) is 19.7.